The van der Waals surface area contributed by atoms with Crippen molar-refractivity contribution in [3.05, 3.63) is 54.1 Å². The van der Waals surface area contributed by atoms with Crippen molar-refractivity contribution in [3.63, 3.8) is 0 Å². The number of benzene rings is 1. The number of carbonyl (C=O) groups is 2. The second-order valence-electron chi connectivity index (χ2n) is 6.04. The van der Waals surface area contributed by atoms with Crippen molar-refractivity contribution in [3.8, 4) is 5.75 Å². The molecule has 0 aliphatic carbocycles. The highest BCUT2D eigenvalue weighted by atomic mass is 16.5. The lowest BCUT2D eigenvalue weighted by molar-refractivity contribution is -0.126. The summed E-state index contributed by atoms with van der Waals surface area (Å²) in [6.07, 6.45) is 5.41. The van der Waals surface area contributed by atoms with E-state index in [0.29, 0.717) is 22.9 Å². The highest BCUT2D eigenvalue weighted by molar-refractivity contribution is 6.01. The van der Waals surface area contributed by atoms with E-state index in [1.165, 1.54) is 0 Å². The Hall–Kier alpha value is -3.42. The first-order chi connectivity index (χ1) is 12.6. The molecule has 8 nitrogen and oxygen atoms in total. The maximum atomic E-state index is 12.7. The molecule has 0 saturated carbocycles. The smallest absolute Gasteiger partial charge is 0.233 e. The zero-order chi connectivity index (χ0) is 18.1. The molecule has 0 fully saturated rings. The lowest BCUT2D eigenvalue weighted by atomic mass is 9.89. The standard InChI is InChI=1S/C18H17N5O3/c1-26-12-3-4-15-13(7-12)14(8-16(24)22-15)17(25)20-9-11-10-23-6-2-5-19-18(23)21-11/h2-7,10,14H,8-9H2,1H3,(H,20,25)(H,22,24). The van der Waals surface area contributed by atoms with Crippen LogP contribution < -0.4 is 15.4 Å². The Labute approximate surface area is 149 Å². The van der Waals surface area contributed by atoms with E-state index in [1.54, 1.807) is 35.9 Å². The number of rotatable bonds is 4. The predicted octanol–water partition coefficient (Wildman–Crippen LogP) is 1.48. The molecule has 0 radical (unpaired) electrons. The van der Waals surface area contributed by atoms with Crippen molar-refractivity contribution >= 4 is 23.3 Å². The van der Waals surface area contributed by atoms with Gasteiger partial charge in [-0.2, -0.15) is 0 Å². The van der Waals surface area contributed by atoms with Crippen molar-refractivity contribution in [2.45, 2.75) is 18.9 Å². The van der Waals surface area contributed by atoms with E-state index in [-0.39, 0.29) is 24.8 Å². The molecular formula is C18H17N5O3. The van der Waals surface area contributed by atoms with Gasteiger partial charge in [-0.15, -0.1) is 0 Å². The average molecular weight is 351 g/mol. The Morgan fingerprint density at radius 2 is 2.35 bits per heavy atom. The van der Waals surface area contributed by atoms with Crippen LogP contribution in [0, 0.1) is 0 Å². The SMILES string of the molecule is COc1ccc2c(c1)C(C(=O)NCc1cn3cccnc3n1)CC(=O)N2. The Kier molecular flexibility index (Phi) is 4.00. The third-order valence-electron chi connectivity index (χ3n) is 4.34. The highest BCUT2D eigenvalue weighted by Crippen LogP contribution is 2.35. The minimum absolute atomic E-state index is 0.0960. The summed E-state index contributed by atoms with van der Waals surface area (Å²) in [4.78, 5) is 33.2. The molecule has 2 N–H and O–H groups in total. The number of nitrogens with zero attached hydrogens (tertiary/aromatic N) is 3. The summed E-state index contributed by atoms with van der Waals surface area (Å²) in [6.45, 7) is 0.264. The minimum Gasteiger partial charge on any atom is -0.497 e. The van der Waals surface area contributed by atoms with E-state index in [0.717, 1.165) is 5.56 Å². The van der Waals surface area contributed by atoms with Gasteiger partial charge in [0.05, 0.1) is 25.3 Å². The number of fused-ring (bicyclic) bond motifs is 2. The predicted molar refractivity (Wildman–Crippen MR) is 93.8 cm³/mol. The van der Waals surface area contributed by atoms with Gasteiger partial charge >= 0.3 is 0 Å². The van der Waals surface area contributed by atoms with Gasteiger partial charge in [0.15, 0.2) is 0 Å². The molecule has 1 aromatic carbocycles. The first-order valence-corrected chi connectivity index (χ1v) is 8.18. The van der Waals surface area contributed by atoms with Crippen LogP contribution in [-0.2, 0) is 16.1 Å². The number of ether oxygens (including phenoxy) is 1. The summed E-state index contributed by atoms with van der Waals surface area (Å²) < 4.78 is 7.02. The van der Waals surface area contributed by atoms with Gasteiger partial charge in [-0.05, 0) is 29.8 Å². The number of methoxy groups -OCH3 is 1. The first kappa shape index (κ1) is 16.1. The van der Waals surface area contributed by atoms with E-state index in [1.807, 2.05) is 18.5 Å². The number of nitrogens with one attached hydrogen (secondary N) is 2. The van der Waals surface area contributed by atoms with Crippen molar-refractivity contribution < 1.29 is 14.3 Å². The molecule has 132 valence electrons. The van der Waals surface area contributed by atoms with Crippen molar-refractivity contribution in [1.82, 2.24) is 19.7 Å². The van der Waals surface area contributed by atoms with Gasteiger partial charge in [-0.25, -0.2) is 9.97 Å². The number of imidazole rings is 1. The fraction of sp³-hybridized carbons (Fsp3) is 0.222. The molecule has 3 aromatic rings. The van der Waals surface area contributed by atoms with Gasteiger partial charge in [0.2, 0.25) is 17.6 Å². The Bertz CT molecular complexity index is 964. The van der Waals surface area contributed by atoms with E-state index in [9.17, 15) is 9.59 Å². The number of carbonyl (C=O) groups excluding carboxylic acids is 2. The van der Waals surface area contributed by atoms with Crippen LogP contribution in [0.2, 0.25) is 0 Å². The van der Waals surface area contributed by atoms with Gasteiger partial charge in [0, 0.05) is 30.7 Å². The molecule has 2 aromatic heterocycles. The van der Waals surface area contributed by atoms with E-state index >= 15 is 0 Å². The molecule has 1 aliphatic rings. The molecule has 26 heavy (non-hydrogen) atoms. The molecular weight excluding hydrogens is 334 g/mol. The van der Waals surface area contributed by atoms with Crippen LogP contribution in [0.5, 0.6) is 5.75 Å². The number of aromatic nitrogens is 3. The Morgan fingerprint density at radius 1 is 1.46 bits per heavy atom. The molecule has 0 saturated heterocycles. The van der Waals surface area contributed by atoms with Gasteiger partial charge in [0.25, 0.3) is 0 Å². The van der Waals surface area contributed by atoms with Crippen molar-refractivity contribution in [2.75, 3.05) is 12.4 Å². The van der Waals surface area contributed by atoms with E-state index in [2.05, 4.69) is 20.6 Å². The molecule has 1 aliphatic heterocycles. The maximum absolute atomic E-state index is 12.7. The largest absolute Gasteiger partial charge is 0.497 e. The van der Waals surface area contributed by atoms with Gasteiger partial charge < -0.3 is 15.4 Å². The third kappa shape index (κ3) is 2.97. The van der Waals surface area contributed by atoms with E-state index < -0.39 is 5.92 Å². The van der Waals surface area contributed by atoms with Gasteiger partial charge in [0.1, 0.15) is 5.75 Å². The lowest BCUT2D eigenvalue weighted by Gasteiger charge is -2.25. The molecule has 1 unspecified atom stereocenters. The summed E-state index contributed by atoms with van der Waals surface area (Å²) >= 11 is 0. The number of hydrogen-bond donors (Lipinski definition) is 2. The molecule has 0 bridgehead atoms. The molecule has 2 amide bonds. The monoisotopic (exact) mass is 351 g/mol. The van der Waals surface area contributed by atoms with Crippen LogP contribution in [0.3, 0.4) is 0 Å². The average Bonchev–Trinajstić information content (AvgIpc) is 3.08. The van der Waals surface area contributed by atoms with Crippen LogP contribution in [0.1, 0.15) is 23.6 Å². The fourth-order valence-corrected chi connectivity index (χ4v) is 3.07. The van der Waals surface area contributed by atoms with Crippen LogP contribution in [-0.4, -0.2) is 33.3 Å². The number of amides is 2. The van der Waals surface area contributed by atoms with Crippen molar-refractivity contribution in [2.24, 2.45) is 0 Å². The van der Waals surface area contributed by atoms with E-state index in [4.69, 9.17) is 4.74 Å². The second-order valence-corrected chi connectivity index (χ2v) is 6.04. The Morgan fingerprint density at radius 3 is 3.15 bits per heavy atom. The van der Waals surface area contributed by atoms with Crippen LogP contribution in [0.4, 0.5) is 5.69 Å². The van der Waals surface area contributed by atoms with Gasteiger partial charge in [-0.1, -0.05) is 0 Å². The maximum Gasteiger partial charge on any atom is 0.233 e. The zero-order valence-electron chi connectivity index (χ0n) is 14.1. The lowest BCUT2D eigenvalue weighted by Crippen LogP contribution is -2.34. The number of anilines is 1. The second kappa shape index (κ2) is 6.47. The highest BCUT2D eigenvalue weighted by Gasteiger charge is 2.31. The normalized spacial score (nSPS) is 16.0. The molecule has 3 heterocycles. The summed E-state index contributed by atoms with van der Waals surface area (Å²) in [5, 5.41) is 5.65. The summed E-state index contributed by atoms with van der Waals surface area (Å²) in [5.74, 6) is 0.246. The number of hydrogen-bond acceptors (Lipinski definition) is 5. The molecule has 1 atom stereocenters. The first-order valence-electron chi connectivity index (χ1n) is 8.18. The van der Waals surface area contributed by atoms with Crippen molar-refractivity contribution in [1.29, 1.82) is 0 Å². The molecule has 0 spiro atoms. The Balaban J connectivity index is 1.53. The van der Waals surface area contributed by atoms with Crippen LogP contribution in [0.15, 0.2) is 42.9 Å². The van der Waals surface area contributed by atoms with Crippen LogP contribution >= 0.6 is 0 Å². The topological polar surface area (TPSA) is 97.6 Å². The summed E-state index contributed by atoms with van der Waals surface area (Å²) in [6, 6.07) is 7.10. The van der Waals surface area contributed by atoms with Crippen LogP contribution in [0.25, 0.3) is 5.78 Å². The zero-order valence-corrected chi connectivity index (χ0v) is 14.1. The summed E-state index contributed by atoms with van der Waals surface area (Å²) in [7, 11) is 1.57. The minimum atomic E-state index is -0.566. The third-order valence-corrected chi connectivity index (χ3v) is 4.34. The fourth-order valence-electron chi connectivity index (χ4n) is 3.07. The molecule has 4 rings (SSSR count). The quantitative estimate of drug-likeness (QED) is 0.742. The summed E-state index contributed by atoms with van der Waals surface area (Å²) in [5.41, 5.74) is 2.08. The molecule has 8 heteroatoms. The van der Waals surface area contributed by atoms with Gasteiger partial charge in [-0.3, -0.25) is 14.0 Å².